The summed E-state index contributed by atoms with van der Waals surface area (Å²) in [6, 6.07) is 7.79. The maximum absolute atomic E-state index is 13.7. The van der Waals surface area contributed by atoms with Crippen LogP contribution in [0, 0.1) is 19.8 Å². The largest absolute Gasteiger partial charge is 0.360 e. The van der Waals surface area contributed by atoms with Gasteiger partial charge in [-0.15, -0.1) is 11.3 Å². The molecule has 0 aliphatic carbocycles. The van der Waals surface area contributed by atoms with Crippen LogP contribution in [0.4, 0.5) is 5.82 Å². The number of piperidine rings is 1. The maximum Gasteiger partial charge on any atom is 0.254 e. The highest BCUT2D eigenvalue weighted by atomic mass is 32.1. The van der Waals surface area contributed by atoms with Crippen LogP contribution in [0.1, 0.15) is 53.7 Å². The summed E-state index contributed by atoms with van der Waals surface area (Å²) in [4.78, 5) is 35.3. The van der Waals surface area contributed by atoms with E-state index in [1.54, 1.807) is 30.5 Å². The van der Waals surface area contributed by atoms with Crippen LogP contribution in [-0.4, -0.2) is 49.7 Å². The average molecular weight is 493 g/mol. The molecule has 1 fully saturated rings. The van der Waals surface area contributed by atoms with Crippen molar-refractivity contribution in [3.05, 3.63) is 46.7 Å². The molecule has 0 radical (unpaired) electrons. The molecular weight excluding hydrogens is 464 g/mol. The van der Waals surface area contributed by atoms with Crippen molar-refractivity contribution in [2.45, 2.75) is 46.6 Å². The first-order chi connectivity index (χ1) is 16.8. The van der Waals surface area contributed by atoms with Gasteiger partial charge in [-0.1, -0.05) is 5.16 Å². The summed E-state index contributed by atoms with van der Waals surface area (Å²) >= 11 is 1.65. The minimum Gasteiger partial charge on any atom is -0.360 e. The highest BCUT2D eigenvalue weighted by molar-refractivity contribution is 7.15. The first-order valence-electron chi connectivity index (χ1n) is 11.8. The molecule has 1 N–H and O–H groups in total. The van der Waals surface area contributed by atoms with Crippen LogP contribution in [0.2, 0.25) is 0 Å². The smallest absolute Gasteiger partial charge is 0.254 e. The van der Waals surface area contributed by atoms with E-state index < -0.39 is 0 Å². The third-order valence-corrected chi connectivity index (χ3v) is 7.33. The zero-order chi connectivity index (χ0) is 24.7. The van der Waals surface area contributed by atoms with Crippen molar-refractivity contribution in [3.63, 3.8) is 0 Å². The van der Waals surface area contributed by atoms with Crippen molar-refractivity contribution in [2.75, 3.05) is 18.4 Å². The van der Waals surface area contributed by atoms with Gasteiger partial charge in [-0.05, 0) is 58.7 Å². The molecule has 0 spiro atoms. The summed E-state index contributed by atoms with van der Waals surface area (Å²) in [5.74, 6) is 0.735. The van der Waals surface area contributed by atoms with Crippen LogP contribution < -0.4 is 5.32 Å². The van der Waals surface area contributed by atoms with Crippen molar-refractivity contribution in [1.82, 2.24) is 24.8 Å². The monoisotopic (exact) mass is 492 g/mol. The quantitative estimate of drug-likeness (QED) is 0.427. The third-order valence-electron chi connectivity index (χ3n) is 6.31. The number of anilines is 1. The molecule has 0 aromatic carbocycles. The van der Waals surface area contributed by atoms with E-state index in [-0.39, 0.29) is 23.8 Å². The number of thiophene rings is 1. The van der Waals surface area contributed by atoms with Gasteiger partial charge in [0.1, 0.15) is 5.76 Å². The molecule has 35 heavy (non-hydrogen) atoms. The summed E-state index contributed by atoms with van der Waals surface area (Å²) in [5, 5.41) is 11.9. The van der Waals surface area contributed by atoms with E-state index in [4.69, 9.17) is 9.51 Å². The molecule has 1 saturated heterocycles. The highest BCUT2D eigenvalue weighted by Crippen LogP contribution is 2.32. The van der Waals surface area contributed by atoms with Gasteiger partial charge >= 0.3 is 0 Å². The lowest BCUT2D eigenvalue weighted by Crippen LogP contribution is -2.41. The second kappa shape index (κ2) is 9.26. The molecule has 9 nitrogen and oxygen atoms in total. The molecule has 0 saturated carbocycles. The summed E-state index contributed by atoms with van der Waals surface area (Å²) in [5.41, 5.74) is 2.09. The first-order valence-corrected chi connectivity index (χ1v) is 12.6. The summed E-state index contributed by atoms with van der Waals surface area (Å²) in [7, 11) is 0. The molecule has 5 heterocycles. The van der Waals surface area contributed by atoms with Crippen LogP contribution in [0.3, 0.4) is 0 Å². The van der Waals surface area contributed by atoms with Gasteiger partial charge in [0.05, 0.1) is 27.7 Å². The third kappa shape index (κ3) is 4.58. The van der Waals surface area contributed by atoms with Crippen molar-refractivity contribution < 1.29 is 14.1 Å². The van der Waals surface area contributed by atoms with Crippen molar-refractivity contribution >= 4 is 40.0 Å². The Kier molecular flexibility index (Phi) is 6.14. The first kappa shape index (κ1) is 23.2. The predicted molar refractivity (Wildman–Crippen MR) is 134 cm³/mol. The Bertz CT molecular complexity index is 1390. The number of nitrogens with zero attached hydrogens (tertiary/aromatic N) is 5. The van der Waals surface area contributed by atoms with Crippen LogP contribution in [-0.2, 0) is 4.79 Å². The molecule has 4 aromatic rings. The highest BCUT2D eigenvalue weighted by Gasteiger charge is 2.30. The average Bonchev–Trinajstić information content (AvgIpc) is 3.57. The number of amides is 2. The Morgan fingerprint density at radius 1 is 1.17 bits per heavy atom. The topological polar surface area (TPSA) is 106 Å². The molecule has 1 aliphatic rings. The number of likely N-dealkylation sites (tertiary alicyclic amines) is 1. The molecule has 1 aliphatic heterocycles. The molecule has 5 rings (SSSR count). The maximum atomic E-state index is 13.7. The van der Waals surface area contributed by atoms with Gasteiger partial charge in [0, 0.05) is 36.0 Å². The van der Waals surface area contributed by atoms with Gasteiger partial charge in [0.15, 0.2) is 11.5 Å². The molecule has 10 heteroatoms. The van der Waals surface area contributed by atoms with Crippen LogP contribution in [0.25, 0.3) is 21.6 Å². The summed E-state index contributed by atoms with van der Waals surface area (Å²) in [6.07, 6.45) is 2.91. The molecule has 4 aromatic heterocycles. The lowest BCUT2D eigenvalue weighted by atomic mass is 9.95. The van der Waals surface area contributed by atoms with Crippen molar-refractivity contribution in [2.24, 2.45) is 5.92 Å². The van der Waals surface area contributed by atoms with E-state index in [0.29, 0.717) is 48.7 Å². The van der Waals surface area contributed by atoms with E-state index in [1.165, 1.54) is 4.88 Å². The van der Waals surface area contributed by atoms with Crippen LogP contribution in [0.15, 0.2) is 35.0 Å². The van der Waals surface area contributed by atoms with Gasteiger partial charge in [0.25, 0.3) is 5.91 Å². The number of fused-ring (bicyclic) bond motifs is 1. The number of aromatic nitrogens is 4. The zero-order valence-corrected chi connectivity index (χ0v) is 21.1. The second-order valence-electron chi connectivity index (χ2n) is 9.26. The van der Waals surface area contributed by atoms with E-state index in [2.05, 4.69) is 28.6 Å². The van der Waals surface area contributed by atoms with E-state index in [1.807, 2.05) is 35.6 Å². The number of rotatable bonds is 5. The molecule has 0 bridgehead atoms. The van der Waals surface area contributed by atoms with Gasteiger partial charge in [-0.2, -0.15) is 5.10 Å². The molecule has 0 unspecified atom stereocenters. The number of pyridine rings is 1. The number of hydrogen-bond donors (Lipinski definition) is 1. The number of nitrogens with one attached hydrogen (secondary N) is 1. The summed E-state index contributed by atoms with van der Waals surface area (Å²) < 4.78 is 6.88. The fourth-order valence-electron chi connectivity index (χ4n) is 4.44. The van der Waals surface area contributed by atoms with Crippen LogP contribution >= 0.6 is 11.3 Å². The molecular formula is C25H28N6O3S. The second-order valence-corrected chi connectivity index (χ2v) is 10.6. The van der Waals surface area contributed by atoms with E-state index in [9.17, 15) is 9.59 Å². The predicted octanol–water partition coefficient (Wildman–Crippen LogP) is 4.84. The SMILES string of the molecule is Cc1cc(NC(=O)C2CCN(C(=O)c3cc(-c4ccc(C)s4)nc4c3cnn4C(C)C)CC2)no1. The fraction of sp³-hybridized carbons (Fsp3) is 0.400. The number of hydrogen-bond acceptors (Lipinski definition) is 7. The van der Waals surface area contributed by atoms with Gasteiger partial charge < -0.3 is 14.7 Å². The minimum absolute atomic E-state index is 0.0544. The summed E-state index contributed by atoms with van der Waals surface area (Å²) in [6.45, 7) is 8.94. The number of aryl methyl sites for hydroxylation is 2. The van der Waals surface area contributed by atoms with Crippen molar-refractivity contribution in [3.8, 4) is 10.6 Å². The van der Waals surface area contributed by atoms with Crippen molar-refractivity contribution in [1.29, 1.82) is 0 Å². The van der Waals surface area contributed by atoms with Gasteiger partial charge in [-0.25, -0.2) is 9.67 Å². The molecule has 2 amide bonds. The number of carbonyl (C=O) groups is 2. The Labute approximate surface area is 207 Å². The van der Waals surface area contributed by atoms with E-state index >= 15 is 0 Å². The fourth-order valence-corrected chi connectivity index (χ4v) is 5.27. The minimum atomic E-state index is -0.179. The standard InChI is InChI=1S/C25H28N6O3S/c1-14(2)31-23-19(13-26-31)18(12-20(27-23)21-6-5-16(4)35-21)25(33)30-9-7-17(8-10-30)24(32)28-22-11-15(3)34-29-22/h5-6,11-14,17H,7-10H2,1-4H3,(H,28,29,32). The van der Waals surface area contributed by atoms with E-state index in [0.717, 1.165) is 16.0 Å². The normalized spacial score (nSPS) is 14.7. The molecule has 0 atom stereocenters. The Morgan fingerprint density at radius 2 is 1.94 bits per heavy atom. The Hall–Kier alpha value is -3.53. The Balaban J connectivity index is 1.38. The lowest BCUT2D eigenvalue weighted by Gasteiger charge is -2.31. The van der Waals surface area contributed by atoms with Crippen LogP contribution in [0.5, 0.6) is 0 Å². The molecule has 182 valence electrons. The van der Waals surface area contributed by atoms with Gasteiger partial charge in [-0.3, -0.25) is 9.59 Å². The zero-order valence-electron chi connectivity index (χ0n) is 20.2. The number of carbonyl (C=O) groups excluding carboxylic acids is 2. The van der Waals surface area contributed by atoms with Gasteiger partial charge in [0.2, 0.25) is 5.91 Å². The lowest BCUT2D eigenvalue weighted by molar-refractivity contribution is -0.121. The Morgan fingerprint density at radius 3 is 2.57 bits per heavy atom.